The predicted molar refractivity (Wildman–Crippen MR) is 104 cm³/mol. The van der Waals surface area contributed by atoms with Crippen molar-refractivity contribution in [1.29, 1.82) is 0 Å². The zero-order valence-electron chi connectivity index (χ0n) is 15.8. The van der Waals surface area contributed by atoms with Crippen molar-refractivity contribution in [2.24, 2.45) is 0 Å². The van der Waals surface area contributed by atoms with Crippen LogP contribution in [0.5, 0.6) is 0 Å². The Morgan fingerprint density at radius 2 is 1.79 bits per heavy atom. The van der Waals surface area contributed by atoms with Crippen molar-refractivity contribution in [3.05, 3.63) is 81.8 Å². The minimum absolute atomic E-state index is 0.206. The monoisotopic (exact) mass is 385 g/mol. The molecule has 28 heavy (non-hydrogen) atoms. The van der Waals surface area contributed by atoms with Crippen LogP contribution in [-0.4, -0.2) is 23.0 Å². The van der Waals surface area contributed by atoms with Crippen LogP contribution in [0.2, 0.25) is 0 Å². The van der Waals surface area contributed by atoms with E-state index in [0.717, 1.165) is 11.6 Å². The van der Waals surface area contributed by atoms with Gasteiger partial charge in [-0.1, -0.05) is 36.4 Å². The third kappa shape index (κ3) is 3.60. The Morgan fingerprint density at radius 1 is 1.11 bits per heavy atom. The highest BCUT2D eigenvalue weighted by atomic mass is 19.2. The number of hydrogen-bond donors (Lipinski definition) is 2. The SMILES string of the molecule is C[C@H](c1c[nH]c(=O)c2c(F)c(F)ccc12)N(C)C(=O)N[C@H](C)c1ccccc1. The average Bonchev–Trinajstić information content (AvgIpc) is 2.70. The Bertz CT molecular complexity index is 1070. The Labute approximate surface area is 161 Å². The molecule has 0 saturated carbocycles. The molecular formula is C21H21F2N3O2. The van der Waals surface area contributed by atoms with Crippen molar-refractivity contribution >= 4 is 16.8 Å². The summed E-state index contributed by atoms with van der Waals surface area (Å²) in [6, 6.07) is 10.8. The molecule has 0 spiro atoms. The molecule has 2 amide bonds. The fraction of sp³-hybridized carbons (Fsp3) is 0.238. The van der Waals surface area contributed by atoms with Crippen LogP contribution in [0.4, 0.5) is 13.6 Å². The Morgan fingerprint density at radius 3 is 2.46 bits per heavy atom. The molecule has 0 radical (unpaired) electrons. The molecule has 0 saturated heterocycles. The molecule has 0 fully saturated rings. The van der Waals surface area contributed by atoms with Gasteiger partial charge < -0.3 is 15.2 Å². The van der Waals surface area contributed by atoms with Crippen molar-refractivity contribution in [1.82, 2.24) is 15.2 Å². The number of halogens is 2. The molecule has 146 valence electrons. The van der Waals surface area contributed by atoms with Gasteiger partial charge in [-0.25, -0.2) is 13.6 Å². The first kappa shape index (κ1) is 19.5. The number of nitrogens with one attached hydrogen (secondary N) is 2. The topological polar surface area (TPSA) is 65.2 Å². The van der Waals surface area contributed by atoms with Crippen LogP contribution < -0.4 is 10.9 Å². The van der Waals surface area contributed by atoms with E-state index >= 15 is 0 Å². The van der Waals surface area contributed by atoms with E-state index < -0.39 is 23.2 Å². The zero-order chi connectivity index (χ0) is 20.4. The maximum atomic E-state index is 14.1. The molecule has 0 aliphatic rings. The normalized spacial score (nSPS) is 13.2. The molecule has 0 aliphatic heterocycles. The highest BCUT2D eigenvalue weighted by molar-refractivity contribution is 5.86. The van der Waals surface area contributed by atoms with Gasteiger partial charge in [-0.05, 0) is 36.4 Å². The van der Waals surface area contributed by atoms with E-state index in [1.807, 2.05) is 37.3 Å². The molecule has 3 aromatic rings. The van der Waals surface area contributed by atoms with Crippen molar-refractivity contribution < 1.29 is 13.6 Å². The lowest BCUT2D eigenvalue weighted by atomic mass is 10.0. The van der Waals surface area contributed by atoms with Crippen LogP contribution >= 0.6 is 0 Å². The summed E-state index contributed by atoms with van der Waals surface area (Å²) in [5, 5.41) is 2.83. The molecule has 5 nitrogen and oxygen atoms in total. The number of carbonyl (C=O) groups excluding carboxylic acids is 1. The molecule has 0 bridgehead atoms. The second-order valence-electron chi connectivity index (χ2n) is 6.73. The number of amides is 2. The quantitative estimate of drug-likeness (QED) is 0.704. The number of aromatic amines is 1. The summed E-state index contributed by atoms with van der Waals surface area (Å²) in [6.45, 7) is 3.63. The van der Waals surface area contributed by atoms with Gasteiger partial charge in [0.15, 0.2) is 11.6 Å². The molecule has 0 aliphatic carbocycles. The maximum Gasteiger partial charge on any atom is 0.318 e. The summed E-state index contributed by atoms with van der Waals surface area (Å²) >= 11 is 0. The van der Waals surface area contributed by atoms with Crippen molar-refractivity contribution in [2.75, 3.05) is 7.05 Å². The molecule has 0 unspecified atom stereocenters. The summed E-state index contributed by atoms with van der Waals surface area (Å²) in [5.74, 6) is -2.29. The molecule has 2 N–H and O–H groups in total. The van der Waals surface area contributed by atoms with Gasteiger partial charge in [-0.15, -0.1) is 0 Å². The number of nitrogens with zero attached hydrogens (tertiary/aromatic N) is 1. The fourth-order valence-electron chi connectivity index (χ4n) is 3.15. The number of carbonyl (C=O) groups is 1. The molecule has 2 atom stereocenters. The number of aromatic nitrogens is 1. The Balaban J connectivity index is 1.88. The zero-order valence-corrected chi connectivity index (χ0v) is 15.8. The number of urea groups is 1. The molecule has 2 aromatic carbocycles. The number of benzene rings is 2. The van der Waals surface area contributed by atoms with Gasteiger partial charge in [0.05, 0.1) is 17.5 Å². The van der Waals surface area contributed by atoms with Crippen molar-refractivity contribution in [3.63, 3.8) is 0 Å². The van der Waals surface area contributed by atoms with Crippen LogP contribution in [0.1, 0.15) is 37.1 Å². The van der Waals surface area contributed by atoms with Crippen LogP contribution in [0.3, 0.4) is 0 Å². The predicted octanol–water partition coefficient (Wildman–Crippen LogP) is 4.27. The van der Waals surface area contributed by atoms with Gasteiger partial charge in [-0.2, -0.15) is 0 Å². The van der Waals surface area contributed by atoms with Crippen molar-refractivity contribution in [2.45, 2.75) is 25.9 Å². The second kappa shape index (κ2) is 7.80. The smallest absolute Gasteiger partial charge is 0.318 e. The van der Waals surface area contributed by atoms with Crippen LogP contribution in [0.25, 0.3) is 10.8 Å². The number of fused-ring (bicyclic) bond motifs is 1. The third-order valence-electron chi connectivity index (χ3n) is 4.98. The fourth-order valence-corrected chi connectivity index (χ4v) is 3.15. The highest BCUT2D eigenvalue weighted by Crippen LogP contribution is 2.27. The minimum Gasteiger partial charge on any atom is -0.331 e. The minimum atomic E-state index is -1.20. The summed E-state index contributed by atoms with van der Waals surface area (Å²) in [7, 11) is 1.61. The summed E-state index contributed by atoms with van der Waals surface area (Å²) in [5.41, 5.74) is 0.759. The van der Waals surface area contributed by atoms with E-state index in [0.29, 0.717) is 5.56 Å². The first-order chi connectivity index (χ1) is 13.3. The maximum absolute atomic E-state index is 14.1. The molecule has 3 rings (SSSR count). The number of pyridine rings is 1. The first-order valence-corrected chi connectivity index (χ1v) is 8.88. The molecule has 1 aromatic heterocycles. The number of hydrogen-bond acceptors (Lipinski definition) is 2. The van der Waals surface area contributed by atoms with E-state index in [4.69, 9.17) is 0 Å². The first-order valence-electron chi connectivity index (χ1n) is 8.88. The van der Waals surface area contributed by atoms with Gasteiger partial charge in [0.1, 0.15) is 0 Å². The molecule has 7 heteroatoms. The molecule has 1 heterocycles. The summed E-state index contributed by atoms with van der Waals surface area (Å²) in [4.78, 5) is 28.5. The lowest BCUT2D eigenvalue weighted by Crippen LogP contribution is -2.40. The van der Waals surface area contributed by atoms with Gasteiger partial charge in [0.2, 0.25) is 0 Å². The van der Waals surface area contributed by atoms with E-state index in [1.165, 1.54) is 17.2 Å². The lowest BCUT2D eigenvalue weighted by Gasteiger charge is -2.28. The highest BCUT2D eigenvalue weighted by Gasteiger charge is 2.23. The van der Waals surface area contributed by atoms with Crippen LogP contribution in [0, 0.1) is 11.6 Å². The lowest BCUT2D eigenvalue weighted by molar-refractivity contribution is 0.191. The van der Waals surface area contributed by atoms with Crippen LogP contribution in [0.15, 0.2) is 53.5 Å². The second-order valence-corrected chi connectivity index (χ2v) is 6.73. The van der Waals surface area contributed by atoms with E-state index in [1.54, 1.807) is 14.0 Å². The Kier molecular flexibility index (Phi) is 5.44. The standard InChI is InChI=1S/C21H21F2N3O2/c1-12(14-7-5-4-6-8-14)25-21(28)26(3)13(2)16-11-24-20(27)18-15(16)9-10-17(22)19(18)23/h4-13H,1-3H3,(H,24,27)(H,25,28)/t12-,13-/m1/s1. The van der Waals surface area contributed by atoms with Gasteiger partial charge >= 0.3 is 6.03 Å². The Hall–Kier alpha value is -3.22. The van der Waals surface area contributed by atoms with Gasteiger partial charge in [0.25, 0.3) is 5.56 Å². The van der Waals surface area contributed by atoms with Crippen molar-refractivity contribution in [3.8, 4) is 0 Å². The van der Waals surface area contributed by atoms with Crippen LogP contribution in [-0.2, 0) is 0 Å². The summed E-state index contributed by atoms with van der Waals surface area (Å²) in [6.07, 6.45) is 1.43. The average molecular weight is 385 g/mol. The van der Waals surface area contributed by atoms with E-state index in [9.17, 15) is 18.4 Å². The largest absolute Gasteiger partial charge is 0.331 e. The van der Waals surface area contributed by atoms with Gasteiger partial charge in [-0.3, -0.25) is 4.79 Å². The molecular weight excluding hydrogens is 364 g/mol. The third-order valence-corrected chi connectivity index (χ3v) is 4.98. The number of rotatable bonds is 4. The van der Waals surface area contributed by atoms with E-state index in [-0.39, 0.29) is 22.8 Å². The van der Waals surface area contributed by atoms with E-state index in [2.05, 4.69) is 10.3 Å². The van der Waals surface area contributed by atoms with Gasteiger partial charge in [0, 0.05) is 13.2 Å². The summed E-state index contributed by atoms with van der Waals surface area (Å²) < 4.78 is 27.7. The number of H-pyrrole nitrogens is 1.